The Labute approximate surface area is 207 Å². The van der Waals surface area contributed by atoms with Crippen LogP contribution >= 0.6 is 0 Å². The Morgan fingerprint density at radius 3 is 2.40 bits per heavy atom. The molecule has 0 aromatic heterocycles. The zero-order valence-electron chi connectivity index (χ0n) is 21.6. The van der Waals surface area contributed by atoms with E-state index in [1.807, 2.05) is 44.2 Å². The van der Waals surface area contributed by atoms with Crippen LogP contribution in [0.2, 0.25) is 0 Å². The first-order valence-electron chi connectivity index (χ1n) is 12.5. The Morgan fingerprint density at radius 1 is 1.17 bits per heavy atom. The number of nitrogens with zero attached hydrogens (tertiary/aromatic N) is 1. The fraction of sp³-hybridized carbons (Fsp3) is 0.667. The van der Waals surface area contributed by atoms with Crippen LogP contribution in [-0.4, -0.2) is 64.7 Å². The van der Waals surface area contributed by atoms with Gasteiger partial charge in [0.15, 0.2) is 0 Å². The number of likely N-dealkylation sites (tertiary alicyclic amines) is 1. The number of fused-ring (bicyclic) bond motifs is 1. The van der Waals surface area contributed by atoms with Gasteiger partial charge in [-0.2, -0.15) is 0 Å². The summed E-state index contributed by atoms with van der Waals surface area (Å²) in [5.41, 5.74) is -0.912. The van der Waals surface area contributed by atoms with Gasteiger partial charge in [-0.05, 0) is 44.1 Å². The van der Waals surface area contributed by atoms with E-state index in [2.05, 4.69) is 31.4 Å². The molecule has 4 rings (SSSR count). The number of hydrogen-bond acceptors (Lipinski definition) is 5. The zero-order valence-corrected chi connectivity index (χ0v) is 21.6. The summed E-state index contributed by atoms with van der Waals surface area (Å²) in [5, 5.41) is 16.3. The predicted molar refractivity (Wildman–Crippen MR) is 131 cm³/mol. The molecule has 35 heavy (non-hydrogen) atoms. The highest BCUT2D eigenvalue weighted by Gasteiger charge is 2.75. The Morgan fingerprint density at radius 2 is 1.83 bits per heavy atom. The van der Waals surface area contributed by atoms with Gasteiger partial charge in [0.05, 0.1) is 30.6 Å². The van der Waals surface area contributed by atoms with Crippen molar-refractivity contribution in [3.05, 3.63) is 35.9 Å². The van der Waals surface area contributed by atoms with Gasteiger partial charge in [-0.15, -0.1) is 0 Å². The van der Waals surface area contributed by atoms with Crippen LogP contribution in [0.5, 0.6) is 0 Å². The number of carbonyl (C=O) groups excluding carboxylic acids is 3. The number of rotatable bonds is 7. The van der Waals surface area contributed by atoms with Crippen LogP contribution < -0.4 is 10.6 Å². The minimum Gasteiger partial charge on any atom is -0.394 e. The largest absolute Gasteiger partial charge is 0.394 e. The van der Waals surface area contributed by atoms with Crippen LogP contribution in [0.15, 0.2) is 30.3 Å². The maximum absolute atomic E-state index is 14.1. The summed E-state index contributed by atoms with van der Waals surface area (Å²) in [7, 11) is 1.55. The van der Waals surface area contributed by atoms with Gasteiger partial charge >= 0.3 is 0 Å². The van der Waals surface area contributed by atoms with Gasteiger partial charge in [-0.3, -0.25) is 14.4 Å². The van der Waals surface area contributed by atoms with Crippen molar-refractivity contribution in [2.75, 3.05) is 13.7 Å². The Hall–Kier alpha value is -2.45. The van der Waals surface area contributed by atoms with E-state index in [0.29, 0.717) is 12.8 Å². The molecule has 2 unspecified atom stereocenters. The normalized spacial score (nSPS) is 30.8. The SMILES string of the molecule is CNC(=O)[C@@H]1[C@H]2C(=O)N([C@H](CO)c3ccccc3)C(C(=O)NC(C)(C)CC(C)(C)C)C23CC[C@H]1O3. The third-order valence-electron chi connectivity index (χ3n) is 7.66. The lowest BCUT2D eigenvalue weighted by molar-refractivity contribution is -0.146. The van der Waals surface area contributed by atoms with Crippen molar-refractivity contribution >= 4 is 17.7 Å². The van der Waals surface area contributed by atoms with Gasteiger partial charge in [0, 0.05) is 12.6 Å². The second-order valence-electron chi connectivity index (χ2n) is 12.1. The molecule has 0 saturated carbocycles. The summed E-state index contributed by atoms with van der Waals surface area (Å²) in [6.07, 6.45) is 1.46. The van der Waals surface area contributed by atoms with Crippen molar-refractivity contribution in [3.8, 4) is 0 Å². The minimum atomic E-state index is -1.09. The third kappa shape index (κ3) is 4.35. The van der Waals surface area contributed by atoms with Gasteiger partial charge in [0.1, 0.15) is 11.6 Å². The maximum atomic E-state index is 14.1. The van der Waals surface area contributed by atoms with E-state index in [1.165, 1.54) is 4.90 Å². The number of carbonyl (C=O) groups is 3. The fourth-order valence-electron chi connectivity index (χ4n) is 6.99. The van der Waals surface area contributed by atoms with Crippen molar-refractivity contribution in [1.29, 1.82) is 0 Å². The van der Waals surface area contributed by atoms with E-state index in [1.54, 1.807) is 7.05 Å². The molecular formula is C27H39N3O5. The standard InChI is InChI=1S/C27H39N3O5/c1-25(2,3)15-26(4,5)29-23(33)21-27-13-12-18(35-27)19(22(32)28-6)20(27)24(34)30(21)17(14-31)16-10-8-7-9-11-16/h7-11,17-21,31H,12-15H2,1-6H3,(H,28,32)(H,29,33)/t17-,18-,19+,20+,21?,27?/m1/s1. The minimum absolute atomic E-state index is 0.0208. The molecule has 6 atom stereocenters. The van der Waals surface area contributed by atoms with E-state index in [0.717, 1.165) is 12.0 Å². The molecule has 3 N–H and O–H groups in total. The summed E-state index contributed by atoms with van der Waals surface area (Å²) >= 11 is 0. The molecule has 192 valence electrons. The first-order valence-corrected chi connectivity index (χ1v) is 12.5. The number of benzene rings is 1. The number of aliphatic hydroxyl groups is 1. The summed E-state index contributed by atoms with van der Waals surface area (Å²) in [6.45, 7) is 9.97. The quantitative estimate of drug-likeness (QED) is 0.549. The van der Waals surface area contributed by atoms with Gasteiger partial charge in [-0.1, -0.05) is 51.1 Å². The monoisotopic (exact) mass is 485 g/mol. The molecule has 3 heterocycles. The van der Waals surface area contributed by atoms with Crippen molar-refractivity contribution < 1.29 is 24.2 Å². The lowest BCUT2D eigenvalue weighted by Crippen LogP contribution is -2.60. The smallest absolute Gasteiger partial charge is 0.246 e. The highest BCUT2D eigenvalue weighted by atomic mass is 16.5. The van der Waals surface area contributed by atoms with Gasteiger partial charge in [-0.25, -0.2) is 0 Å². The first kappa shape index (κ1) is 25.6. The van der Waals surface area contributed by atoms with Crippen LogP contribution in [0, 0.1) is 17.3 Å². The number of hydrogen-bond donors (Lipinski definition) is 3. The fourth-order valence-corrected chi connectivity index (χ4v) is 6.99. The number of nitrogens with one attached hydrogen (secondary N) is 2. The molecule has 3 amide bonds. The van der Waals surface area contributed by atoms with E-state index in [9.17, 15) is 19.5 Å². The Balaban J connectivity index is 1.78. The van der Waals surface area contributed by atoms with Crippen molar-refractivity contribution in [2.45, 2.75) is 83.2 Å². The molecule has 1 aromatic rings. The molecule has 8 heteroatoms. The van der Waals surface area contributed by atoms with Crippen LogP contribution in [0.1, 0.15) is 65.5 Å². The summed E-state index contributed by atoms with van der Waals surface area (Å²) in [4.78, 5) is 42.5. The van der Waals surface area contributed by atoms with Crippen LogP contribution in [0.3, 0.4) is 0 Å². The highest BCUT2D eigenvalue weighted by molar-refractivity contribution is 5.99. The van der Waals surface area contributed by atoms with Gasteiger partial charge < -0.3 is 25.4 Å². The molecule has 3 aliphatic heterocycles. The molecular weight excluding hydrogens is 446 g/mol. The molecule has 1 aromatic carbocycles. The average Bonchev–Trinajstić information content (AvgIpc) is 3.40. The highest BCUT2D eigenvalue weighted by Crippen LogP contribution is 2.59. The average molecular weight is 486 g/mol. The third-order valence-corrected chi connectivity index (χ3v) is 7.66. The molecule has 2 bridgehead atoms. The topological polar surface area (TPSA) is 108 Å². The van der Waals surface area contributed by atoms with E-state index >= 15 is 0 Å². The molecule has 8 nitrogen and oxygen atoms in total. The second kappa shape index (κ2) is 8.89. The second-order valence-corrected chi connectivity index (χ2v) is 12.1. The number of aliphatic hydroxyl groups excluding tert-OH is 1. The van der Waals surface area contributed by atoms with Crippen LogP contribution in [0.4, 0.5) is 0 Å². The van der Waals surface area contributed by atoms with E-state index in [4.69, 9.17) is 4.74 Å². The van der Waals surface area contributed by atoms with Crippen LogP contribution in [-0.2, 0) is 19.1 Å². The van der Waals surface area contributed by atoms with Crippen LogP contribution in [0.25, 0.3) is 0 Å². The molecule has 3 fully saturated rings. The Kier molecular flexibility index (Phi) is 6.51. The number of ether oxygens (including phenoxy) is 1. The molecule has 1 spiro atoms. The predicted octanol–water partition coefficient (Wildman–Crippen LogP) is 2.17. The molecule has 0 aliphatic carbocycles. The lowest BCUT2D eigenvalue weighted by Gasteiger charge is -2.40. The summed E-state index contributed by atoms with van der Waals surface area (Å²) in [5.74, 6) is -2.27. The maximum Gasteiger partial charge on any atom is 0.246 e. The van der Waals surface area contributed by atoms with Crippen molar-refractivity contribution in [3.63, 3.8) is 0 Å². The van der Waals surface area contributed by atoms with Gasteiger partial charge in [0.2, 0.25) is 17.7 Å². The zero-order chi connectivity index (χ0) is 25.8. The number of amides is 3. The van der Waals surface area contributed by atoms with Crippen molar-refractivity contribution in [2.24, 2.45) is 17.3 Å². The summed E-state index contributed by atoms with van der Waals surface area (Å²) < 4.78 is 6.43. The van der Waals surface area contributed by atoms with Crippen molar-refractivity contribution in [1.82, 2.24) is 15.5 Å². The Bertz CT molecular complexity index is 988. The van der Waals surface area contributed by atoms with Gasteiger partial charge in [0.25, 0.3) is 0 Å². The molecule has 3 saturated heterocycles. The first-order chi connectivity index (χ1) is 16.3. The lowest BCUT2D eigenvalue weighted by atomic mass is 9.70. The molecule has 0 radical (unpaired) electrons. The molecule has 3 aliphatic rings. The van der Waals surface area contributed by atoms with E-state index < -0.39 is 41.2 Å². The van der Waals surface area contributed by atoms with E-state index in [-0.39, 0.29) is 29.7 Å². The summed E-state index contributed by atoms with van der Waals surface area (Å²) in [6, 6.07) is 7.56.